The van der Waals surface area contributed by atoms with Crippen LogP contribution in [0.25, 0.3) is 0 Å². The second-order valence-corrected chi connectivity index (χ2v) is 3.93. The van der Waals surface area contributed by atoms with Gasteiger partial charge in [-0.3, -0.25) is 4.99 Å². The average Bonchev–Trinajstić information content (AvgIpc) is 2.34. The van der Waals surface area contributed by atoms with Crippen molar-refractivity contribution < 1.29 is 4.74 Å². The fourth-order valence-electron chi connectivity index (χ4n) is 1.33. The van der Waals surface area contributed by atoms with Gasteiger partial charge in [0.1, 0.15) is 0 Å². The first-order valence-corrected chi connectivity index (χ1v) is 5.61. The summed E-state index contributed by atoms with van der Waals surface area (Å²) in [5.74, 6) is 1.41. The van der Waals surface area contributed by atoms with Crippen LogP contribution in [0.1, 0.15) is 19.4 Å². The van der Waals surface area contributed by atoms with Crippen molar-refractivity contribution in [1.29, 1.82) is 0 Å². The summed E-state index contributed by atoms with van der Waals surface area (Å²) in [4.78, 5) is 8.19. The normalized spacial score (nSPS) is 10.8. The topological polar surface area (TPSA) is 58.5 Å². The summed E-state index contributed by atoms with van der Waals surface area (Å²) in [5, 5.41) is 6.44. The van der Waals surface area contributed by atoms with E-state index in [1.807, 2.05) is 12.1 Å². The van der Waals surface area contributed by atoms with E-state index < -0.39 is 0 Å². The second kappa shape index (κ2) is 8.96. The Bertz CT molecular complexity index is 382. The van der Waals surface area contributed by atoms with Crippen molar-refractivity contribution in [3.05, 3.63) is 23.9 Å². The maximum atomic E-state index is 5.07. The number of guanidine groups is 1. The SMILES string of the molecule is CN=C(NCc1ccnc(OC)c1)NC(C)C.I. The van der Waals surface area contributed by atoms with E-state index in [2.05, 4.69) is 34.5 Å². The van der Waals surface area contributed by atoms with Crippen LogP contribution in [0.15, 0.2) is 23.3 Å². The Kier molecular flexibility index (Phi) is 8.43. The summed E-state index contributed by atoms with van der Waals surface area (Å²) < 4.78 is 5.07. The smallest absolute Gasteiger partial charge is 0.213 e. The van der Waals surface area contributed by atoms with Gasteiger partial charge in [0.05, 0.1) is 7.11 Å². The van der Waals surface area contributed by atoms with E-state index in [1.54, 1.807) is 20.4 Å². The van der Waals surface area contributed by atoms with Crippen molar-refractivity contribution in [3.8, 4) is 5.88 Å². The van der Waals surface area contributed by atoms with Crippen molar-refractivity contribution in [2.45, 2.75) is 26.4 Å². The Labute approximate surface area is 125 Å². The van der Waals surface area contributed by atoms with Crippen LogP contribution in [0.3, 0.4) is 0 Å². The van der Waals surface area contributed by atoms with Crippen LogP contribution in [0.2, 0.25) is 0 Å². The molecule has 0 aliphatic rings. The molecule has 5 nitrogen and oxygen atoms in total. The van der Waals surface area contributed by atoms with Crippen LogP contribution in [0.4, 0.5) is 0 Å². The monoisotopic (exact) mass is 364 g/mol. The van der Waals surface area contributed by atoms with Gasteiger partial charge in [0.15, 0.2) is 5.96 Å². The molecule has 0 atom stereocenters. The van der Waals surface area contributed by atoms with E-state index in [0.29, 0.717) is 18.5 Å². The maximum Gasteiger partial charge on any atom is 0.213 e. The number of rotatable bonds is 4. The highest BCUT2D eigenvalue weighted by atomic mass is 127. The second-order valence-electron chi connectivity index (χ2n) is 3.93. The molecule has 0 radical (unpaired) electrons. The molecule has 0 aliphatic heterocycles. The van der Waals surface area contributed by atoms with E-state index in [4.69, 9.17) is 4.74 Å². The van der Waals surface area contributed by atoms with E-state index in [0.717, 1.165) is 11.5 Å². The molecule has 0 unspecified atom stereocenters. The van der Waals surface area contributed by atoms with Crippen molar-refractivity contribution >= 4 is 29.9 Å². The molecule has 0 amide bonds. The van der Waals surface area contributed by atoms with Crippen molar-refractivity contribution in [2.75, 3.05) is 14.2 Å². The molecule has 0 aromatic carbocycles. The van der Waals surface area contributed by atoms with E-state index in [9.17, 15) is 0 Å². The molecular formula is C12H21IN4O. The Balaban J connectivity index is 0.00000289. The minimum Gasteiger partial charge on any atom is -0.481 e. The molecule has 0 saturated heterocycles. The lowest BCUT2D eigenvalue weighted by molar-refractivity contribution is 0.397. The molecule has 1 aromatic rings. The van der Waals surface area contributed by atoms with Gasteiger partial charge in [-0.2, -0.15) is 0 Å². The number of hydrogen-bond donors (Lipinski definition) is 2. The molecule has 0 aliphatic carbocycles. The number of aromatic nitrogens is 1. The number of aliphatic imine (C=N–C) groups is 1. The van der Waals surface area contributed by atoms with Crippen LogP contribution in [0, 0.1) is 0 Å². The molecule has 0 fully saturated rings. The fourth-order valence-corrected chi connectivity index (χ4v) is 1.33. The summed E-state index contributed by atoms with van der Waals surface area (Å²) in [6, 6.07) is 4.20. The maximum absolute atomic E-state index is 5.07. The highest BCUT2D eigenvalue weighted by Gasteiger charge is 2.01. The standard InChI is InChI=1S/C12H20N4O.HI/c1-9(2)16-12(13-3)15-8-10-5-6-14-11(7-10)17-4;/h5-7,9H,8H2,1-4H3,(H2,13,15,16);1H. The first-order valence-electron chi connectivity index (χ1n) is 5.61. The van der Waals surface area contributed by atoms with E-state index in [1.165, 1.54) is 0 Å². The zero-order chi connectivity index (χ0) is 12.7. The van der Waals surface area contributed by atoms with E-state index in [-0.39, 0.29) is 24.0 Å². The molecule has 0 saturated carbocycles. The van der Waals surface area contributed by atoms with Gasteiger partial charge in [0.25, 0.3) is 0 Å². The number of nitrogens with one attached hydrogen (secondary N) is 2. The molecule has 1 rings (SSSR count). The first kappa shape index (κ1) is 16.9. The Hall–Kier alpha value is -1.05. The summed E-state index contributed by atoms with van der Waals surface area (Å²) in [6.45, 7) is 4.83. The number of nitrogens with zero attached hydrogens (tertiary/aromatic N) is 2. The van der Waals surface area contributed by atoms with Gasteiger partial charge >= 0.3 is 0 Å². The first-order chi connectivity index (χ1) is 8.15. The molecule has 0 bridgehead atoms. The Morgan fingerprint density at radius 1 is 1.50 bits per heavy atom. The number of methoxy groups -OCH3 is 1. The number of ether oxygens (including phenoxy) is 1. The molecule has 102 valence electrons. The third-order valence-corrected chi connectivity index (χ3v) is 2.12. The third kappa shape index (κ3) is 6.04. The van der Waals surface area contributed by atoms with Gasteiger partial charge in [-0.05, 0) is 25.5 Å². The van der Waals surface area contributed by atoms with Crippen molar-refractivity contribution in [1.82, 2.24) is 15.6 Å². The summed E-state index contributed by atoms with van der Waals surface area (Å²) in [7, 11) is 3.36. The number of hydrogen-bond acceptors (Lipinski definition) is 3. The molecule has 18 heavy (non-hydrogen) atoms. The highest BCUT2D eigenvalue weighted by Crippen LogP contribution is 2.07. The lowest BCUT2D eigenvalue weighted by atomic mass is 10.2. The quantitative estimate of drug-likeness (QED) is 0.486. The zero-order valence-corrected chi connectivity index (χ0v) is 13.6. The summed E-state index contributed by atoms with van der Waals surface area (Å²) in [6.07, 6.45) is 1.73. The number of pyridine rings is 1. The molecule has 6 heteroatoms. The molecule has 0 spiro atoms. The van der Waals surface area contributed by atoms with E-state index >= 15 is 0 Å². The zero-order valence-electron chi connectivity index (χ0n) is 11.2. The third-order valence-electron chi connectivity index (χ3n) is 2.12. The van der Waals surface area contributed by atoms with Gasteiger partial charge in [-0.15, -0.1) is 24.0 Å². The van der Waals surface area contributed by atoms with Crippen LogP contribution in [0.5, 0.6) is 5.88 Å². The number of halogens is 1. The minimum absolute atomic E-state index is 0. The van der Waals surface area contributed by atoms with Gasteiger partial charge in [-0.1, -0.05) is 0 Å². The minimum atomic E-state index is 0. The van der Waals surface area contributed by atoms with Gasteiger partial charge < -0.3 is 15.4 Å². The van der Waals surface area contributed by atoms with Crippen LogP contribution < -0.4 is 15.4 Å². The van der Waals surface area contributed by atoms with Crippen molar-refractivity contribution in [3.63, 3.8) is 0 Å². The predicted octanol–water partition coefficient (Wildman–Crippen LogP) is 1.78. The molecule has 1 aromatic heterocycles. The fraction of sp³-hybridized carbons (Fsp3) is 0.500. The molecule has 1 heterocycles. The van der Waals surface area contributed by atoms with Gasteiger partial charge in [0.2, 0.25) is 5.88 Å². The average molecular weight is 364 g/mol. The largest absolute Gasteiger partial charge is 0.481 e. The lowest BCUT2D eigenvalue weighted by Gasteiger charge is -2.14. The van der Waals surface area contributed by atoms with Crippen molar-refractivity contribution in [2.24, 2.45) is 4.99 Å². The van der Waals surface area contributed by atoms with Crippen LogP contribution >= 0.6 is 24.0 Å². The molecular weight excluding hydrogens is 343 g/mol. The highest BCUT2D eigenvalue weighted by molar-refractivity contribution is 14.0. The van der Waals surface area contributed by atoms with Crippen LogP contribution in [-0.4, -0.2) is 31.1 Å². The lowest BCUT2D eigenvalue weighted by Crippen LogP contribution is -2.40. The van der Waals surface area contributed by atoms with Gasteiger partial charge in [-0.25, -0.2) is 4.98 Å². The Morgan fingerprint density at radius 2 is 2.22 bits per heavy atom. The van der Waals surface area contributed by atoms with Gasteiger partial charge in [0, 0.05) is 31.9 Å². The summed E-state index contributed by atoms with van der Waals surface area (Å²) >= 11 is 0. The Morgan fingerprint density at radius 3 is 2.78 bits per heavy atom. The molecule has 2 N–H and O–H groups in total. The summed E-state index contributed by atoms with van der Waals surface area (Å²) in [5.41, 5.74) is 1.10. The predicted molar refractivity (Wildman–Crippen MR) is 84.7 cm³/mol. The van der Waals surface area contributed by atoms with Crippen LogP contribution in [-0.2, 0) is 6.54 Å².